The summed E-state index contributed by atoms with van der Waals surface area (Å²) in [6, 6.07) is 13.9. The van der Waals surface area contributed by atoms with Crippen LogP contribution >= 0.6 is 0 Å². The van der Waals surface area contributed by atoms with Crippen LogP contribution in [0.2, 0.25) is 0 Å². The Morgan fingerprint density at radius 1 is 0.861 bits per heavy atom. The lowest BCUT2D eigenvalue weighted by Crippen LogP contribution is -2.39. The highest BCUT2D eigenvalue weighted by Gasteiger charge is 2.48. The molecule has 5 rings (SSSR count). The summed E-state index contributed by atoms with van der Waals surface area (Å²) in [5.41, 5.74) is 1.25. The van der Waals surface area contributed by atoms with E-state index in [1.807, 2.05) is 19.9 Å². The second kappa shape index (κ2) is 8.84. The van der Waals surface area contributed by atoms with Crippen LogP contribution in [0.4, 0.5) is 14.5 Å². The number of pyridine rings is 1. The first-order chi connectivity index (χ1) is 17.3. The summed E-state index contributed by atoms with van der Waals surface area (Å²) in [6.07, 6.45) is 3.66. The topological polar surface area (TPSA) is 79.1 Å². The van der Waals surface area contributed by atoms with Crippen molar-refractivity contribution < 1.29 is 22.9 Å². The Morgan fingerprint density at radius 3 is 2.06 bits per heavy atom. The number of H-pyrrole nitrogens is 1. The maximum atomic E-state index is 13.8. The fourth-order valence-corrected chi connectivity index (χ4v) is 4.31. The monoisotopic (exact) mass is 487 g/mol. The molecule has 1 aliphatic rings. The number of nitrogens with zero attached hydrogens (tertiary/aromatic N) is 3. The fourth-order valence-electron chi connectivity index (χ4n) is 4.31. The predicted octanol–water partition coefficient (Wildman–Crippen LogP) is 3.54. The first kappa shape index (κ1) is 23.1. The van der Waals surface area contributed by atoms with Gasteiger partial charge in [0.2, 0.25) is 0 Å². The summed E-state index contributed by atoms with van der Waals surface area (Å²) in [7, 11) is 0. The second-order valence-corrected chi connectivity index (χ2v) is 8.37. The van der Waals surface area contributed by atoms with Crippen molar-refractivity contribution in [2.24, 2.45) is 0 Å². The van der Waals surface area contributed by atoms with Crippen LogP contribution < -0.4 is 15.0 Å². The Hall–Kier alpha value is -4.66. The van der Waals surface area contributed by atoms with Crippen molar-refractivity contribution in [1.82, 2.24) is 9.78 Å². The second-order valence-electron chi connectivity index (χ2n) is 8.37. The Morgan fingerprint density at radius 2 is 1.47 bits per heavy atom. The number of nitrogens with one attached hydrogen (secondary N) is 1. The summed E-state index contributed by atoms with van der Waals surface area (Å²) in [4.78, 5) is 42.1. The molecule has 0 saturated carbocycles. The van der Waals surface area contributed by atoms with Gasteiger partial charge < -0.3 is 0 Å². The molecule has 36 heavy (non-hydrogen) atoms. The molecule has 4 aromatic rings. The highest BCUT2D eigenvalue weighted by molar-refractivity contribution is 6.53. The van der Waals surface area contributed by atoms with E-state index in [4.69, 9.17) is 0 Å². The molecule has 2 amide bonds. The first-order valence-corrected chi connectivity index (χ1v) is 11.3. The number of carbonyl (C=O) groups excluding carboxylic acids is 2. The van der Waals surface area contributed by atoms with Crippen molar-refractivity contribution >= 4 is 28.8 Å². The smallest absolute Gasteiger partial charge is 0.294 e. The molecule has 0 saturated heterocycles. The zero-order valence-corrected chi connectivity index (χ0v) is 19.5. The van der Waals surface area contributed by atoms with Gasteiger partial charge in [0.1, 0.15) is 17.2 Å². The number of imide groups is 1. The number of aromatic nitrogens is 3. The molecule has 3 heterocycles. The minimum atomic E-state index is -0.701. The van der Waals surface area contributed by atoms with Gasteiger partial charge in [0.05, 0.1) is 16.9 Å². The van der Waals surface area contributed by atoms with Crippen molar-refractivity contribution in [3.63, 3.8) is 0 Å². The van der Waals surface area contributed by atoms with Gasteiger partial charge in [-0.2, -0.15) is 4.57 Å². The maximum absolute atomic E-state index is 13.8. The van der Waals surface area contributed by atoms with Crippen LogP contribution in [0.15, 0.2) is 77.9 Å². The van der Waals surface area contributed by atoms with Crippen molar-refractivity contribution in [1.29, 1.82) is 0 Å². The number of anilines is 1. The molecule has 0 radical (unpaired) electrons. The molecule has 1 N–H and O–H groups in total. The Kier molecular flexibility index (Phi) is 5.68. The van der Waals surface area contributed by atoms with E-state index in [2.05, 4.69) is 5.10 Å². The van der Waals surface area contributed by atoms with Gasteiger partial charge >= 0.3 is 5.91 Å². The molecule has 0 fully saturated rings. The highest BCUT2D eigenvalue weighted by atomic mass is 19.1. The number of hydrogen-bond acceptors (Lipinski definition) is 3. The lowest BCUT2D eigenvalue weighted by Gasteiger charge is -2.13. The van der Waals surface area contributed by atoms with E-state index >= 15 is 0 Å². The lowest BCUT2D eigenvalue weighted by molar-refractivity contribution is -0.577. The summed E-state index contributed by atoms with van der Waals surface area (Å²) in [5, 5.41) is 3.00. The number of hydrogen-bond donors (Lipinski definition) is 1. The molecule has 9 heteroatoms. The van der Waals surface area contributed by atoms with Crippen molar-refractivity contribution in [2.75, 3.05) is 4.90 Å². The molecule has 0 bridgehead atoms. The van der Waals surface area contributed by atoms with Crippen molar-refractivity contribution in [3.05, 3.63) is 112 Å². The van der Waals surface area contributed by atoms with Crippen LogP contribution in [-0.4, -0.2) is 21.6 Å². The number of halogens is 2. The summed E-state index contributed by atoms with van der Waals surface area (Å²) < 4.78 is 29.8. The van der Waals surface area contributed by atoms with Gasteiger partial charge in [-0.15, -0.1) is 0 Å². The minimum absolute atomic E-state index is 0.00470. The van der Waals surface area contributed by atoms with Crippen LogP contribution in [-0.2, 0) is 16.0 Å². The van der Waals surface area contributed by atoms with E-state index < -0.39 is 29.0 Å². The van der Waals surface area contributed by atoms with Crippen LogP contribution in [0.25, 0.3) is 17.0 Å². The standard InChI is InChI=1S/C27H20F2N4O3/c1-3-21-22(26(35)33(30-21)20-12-8-18(29)9-13-20)23-24(31-14-4-5-16(2)15-31)27(36)32(25(23)34)19-10-6-17(28)7-11-19/h4-15H,3H2,1-2H3/p+1. The third-order valence-corrected chi connectivity index (χ3v) is 6.00. The molecule has 180 valence electrons. The average Bonchev–Trinajstić information content (AvgIpc) is 3.32. The molecule has 0 unspecified atom stereocenters. The van der Waals surface area contributed by atoms with Crippen molar-refractivity contribution in [2.45, 2.75) is 20.3 Å². The van der Waals surface area contributed by atoms with E-state index in [1.54, 1.807) is 18.5 Å². The third kappa shape index (κ3) is 3.74. The van der Waals surface area contributed by atoms with E-state index in [0.29, 0.717) is 17.8 Å². The molecular formula is C27H21F2N4O3+. The number of aryl methyl sites for hydroxylation is 2. The molecule has 2 aromatic heterocycles. The third-order valence-electron chi connectivity index (χ3n) is 6.00. The van der Waals surface area contributed by atoms with Gasteiger partial charge in [-0.05, 0) is 67.9 Å². The van der Waals surface area contributed by atoms with Gasteiger partial charge in [-0.25, -0.2) is 18.4 Å². The molecule has 1 aliphatic heterocycles. The Labute approximate surface area is 204 Å². The SMILES string of the molecule is CCc1[nH]n(-c2ccc(F)cc2)c(=O)c1C1=C([n+]2cccc(C)c2)C(=O)N(c2ccc(F)cc2)C1=O. The zero-order valence-electron chi connectivity index (χ0n) is 19.5. The summed E-state index contributed by atoms with van der Waals surface area (Å²) in [6.45, 7) is 3.65. The first-order valence-electron chi connectivity index (χ1n) is 11.3. The van der Waals surface area contributed by atoms with Crippen LogP contribution in [0.5, 0.6) is 0 Å². The van der Waals surface area contributed by atoms with Crippen molar-refractivity contribution in [3.8, 4) is 5.69 Å². The van der Waals surface area contributed by atoms with Gasteiger partial charge in [0, 0.05) is 17.3 Å². The van der Waals surface area contributed by atoms with E-state index in [-0.39, 0.29) is 22.5 Å². The van der Waals surface area contributed by atoms with E-state index in [9.17, 15) is 23.2 Å². The number of rotatable bonds is 5. The molecule has 0 atom stereocenters. The Balaban J connectivity index is 1.77. The number of aromatic amines is 1. The average molecular weight is 487 g/mol. The summed E-state index contributed by atoms with van der Waals surface area (Å²) in [5.74, 6) is -2.32. The van der Waals surface area contributed by atoms with Crippen LogP contribution in [0.1, 0.15) is 23.7 Å². The van der Waals surface area contributed by atoms with Gasteiger partial charge in [0.25, 0.3) is 17.2 Å². The van der Waals surface area contributed by atoms with Crippen LogP contribution in [0.3, 0.4) is 0 Å². The van der Waals surface area contributed by atoms with E-state index in [0.717, 1.165) is 22.6 Å². The molecule has 2 aromatic carbocycles. The fraction of sp³-hybridized carbons (Fsp3) is 0.111. The Bertz CT molecular complexity index is 1600. The quantitative estimate of drug-likeness (QED) is 0.346. The van der Waals surface area contributed by atoms with Crippen LogP contribution in [0, 0.1) is 18.6 Å². The number of carbonyl (C=O) groups is 2. The molecule has 0 aliphatic carbocycles. The molecule has 0 spiro atoms. The lowest BCUT2D eigenvalue weighted by atomic mass is 10.0. The highest BCUT2D eigenvalue weighted by Crippen LogP contribution is 2.33. The van der Waals surface area contributed by atoms with E-state index in [1.165, 1.54) is 45.6 Å². The van der Waals surface area contributed by atoms with Gasteiger partial charge in [-0.1, -0.05) is 6.92 Å². The number of amides is 2. The molecule has 7 nitrogen and oxygen atoms in total. The maximum Gasteiger partial charge on any atom is 0.331 e. The minimum Gasteiger partial charge on any atom is -0.294 e. The largest absolute Gasteiger partial charge is 0.331 e. The molecular weight excluding hydrogens is 466 g/mol. The van der Waals surface area contributed by atoms with Gasteiger partial charge in [-0.3, -0.25) is 19.5 Å². The normalized spacial score (nSPS) is 13.7. The summed E-state index contributed by atoms with van der Waals surface area (Å²) >= 11 is 0. The zero-order chi connectivity index (χ0) is 25.6. The predicted molar refractivity (Wildman–Crippen MR) is 129 cm³/mol. The number of benzene rings is 2. The van der Waals surface area contributed by atoms with Gasteiger partial charge in [0.15, 0.2) is 12.4 Å².